The maximum absolute atomic E-state index is 12.6. The third kappa shape index (κ3) is 3.39. The van der Waals surface area contributed by atoms with E-state index >= 15 is 0 Å². The molecule has 6 heteroatoms. The smallest absolute Gasteiger partial charge is 0.293 e. The number of imide groups is 1. The highest BCUT2D eigenvalue weighted by Gasteiger charge is 2.35. The van der Waals surface area contributed by atoms with Crippen molar-refractivity contribution < 1.29 is 19.8 Å². The second kappa shape index (κ2) is 6.81. The molecule has 5 nitrogen and oxygen atoms in total. The number of nitrogens with zero attached hydrogens (tertiary/aromatic N) is 1. The van der Waals surface area contributed by atoms with Crippen LogP contribution in [0, 0.1) is 0 Å². The Bertz CT molecular complexity index is 1110. The Morgan fingerprint density at radius 1 is 0.889 bits per heavy atom. The summed E-state index contributed by atoms with van der Waals surface area (Å²) in [5.41, 5.74) is 1.40. The predicted molar refractivity (Wildman–Crippen MR) is 105 cm³/mol. The van der Waals surface area contributed by atoms with Crippen LogP contribution in [0.4, 0.5) is 4.79 Å². The molecular weight excluding hydrogens is 362 g/mol. The van der Waals surface area contributed by atoms with E-state index in [1.807, 2.05) is 42.5 Å². The van der Waals surface area contributed by atoms with E-state index in [1.165, 1.54) is 23.1 Å². The summed E-state index contributed by atoms with van der Waals surface area (Å²) in [7, 11) is 0. The number of carbonyl (C=O) groups excluding carboxylic acids is 2. The molecule has 2 N–H and O–H groups in total. The molecule has 2 amide bonds. The van der Waals surface area contributed by atoms with E-state index in [9.17, 15) is 19.8 Å². The van der Waals surface area contributed by atoms with Gasteiger partial charge in [-0.1, -0.05) is 42.5 Å². The molecule has 4 rings (SSSR count). The van der Waals surface area contributed by atoms with Gasteiger partial charge in [-0.25, -0.2) is 0 Å². The Hall–Kier alpha value is -3.25. The van der Waals surface area contributed by atoms with E-state index in [4.69, 9.17) is 0 Å². The Labute approximate surface area is 159 Å². The highest BCUT2D eigenvalue weighted by molar-refractivity contribution is 8.18. The summed E-state index contributed by atoms with van der Waals surface area (Å²) in [5, 5.41) is 20.8. The number of thioether (sulfide) groups is 1. The van der Waals surface area contributed by atoms with Crippen LogP contribution in [0.1, 0.15) is 11.1 Å². The summed E-state index contributed by atoms with van der Waals surface area (Å²) in [5.74, 6) is -0.888. The van der Waals surface area contributed by atoms with Crippen molar-refractivity contribution in [2.24, 2.45) is 0 Å². The van der Waals surface area contributed by atoms with Crippen LogP contribution in [-0.4, -0.2) is 26.3 Å². The van der Waals surface area contributed by atoms with Crippen LogP contribution in [0.25, 0.3) is 16.8 Å². The van der Waals surface area contributed by atoms with Crippen LogP contribution >= 0.6 is 11.8 Å². The van der Waals surface area contributed by atoms with E-state index in [-0.39, 0.29) is 34.1 Å². The molecule has 0 unspecified atom stereocenters. The Morgan fingerprint density at radius 2 is 1.67 bits per heavy atom. The van der Waals surface area contributed by atoms with E-state index in [0.717, 1.165) is 28.1 Å². The fourth-order valence-electron chi connectivity index (χ4n) is 2.94. The van der Waals surface area contributed by atoms with Gasteiger partial charge in [0.1, 0.15) is 0 Å². The number of fused-ring (bicyclic) bond motifs is 1. The van der Waals surface area contributed by atoms with Crippen LogP contribution in [0.15, 0.2) is 65.6 Å². The molecule has 0 aromatic heterocycles. The summed E-state index contributed by atoms with van der Waals surface area (Å²) in [6.07, 6.45) is 1.53. The van der Waals surface area contributed by atoms with E-state index in [0.29, 0.717) is 5.56 Å². The number of hydrogen-bond donors (Lipinski definition) is 2. The minimum absolute atomic E-state index is 0.202. The van der Waals surface area contributed by atoms with Crippen molar-refractivity contribution in [3.05, 3.63) is 76.7 Å². The monoisotopic (exact) mass is 377 g/mol. The molecule has 0 atom stereocenters. The zero-order valence-corrected chi connectivity index (χ0v) is 14.9. The van der Waals surface area contributed by atoms with Crippen LogP contribution in [0.3, 0.4) is 0 Å². The van der Waals surface area contributed by atoms with Gasteiger partial charge in [0, 0.05) is 0 Å². The third-order valence-electron chi connectivity index (χ3n) is 4.33. The minimum Gasteiger partial charge on any atom is -0.504 e. The number of carbonyl (C=O) groups is 2. The second-order valence-corrected chi connectivity index (χ2v) is 7.19. The Morgan fingerprint density at radius 3 is 2.44 bits per heavy atom. The maximum Gasteiger partial charge on any atom is 0.293 e. The molecule has 3 aromatic carbocycles. The van der Waals surface area contributed by atoms with Crippen LogP contribution in [-0.2, 0) is 11.3 Å². The van der Waals surface area contributed by atoms with Crippen LogP contribution < -0.4 is 0 Å². The molecule has 1 aliphatic rings. The Kier molecular flexibility index (Phi) is 4.33. The molecule has 1 aliphatic heterocycles. The zero-order chi connectivity index (χ0) is 19.0. The van der Waals surface area contributed by atoms with Crippen molar-refractivity contribution in [1.29, 1.82) is 0 Å². The molecule has 1 fully saturated rings. The molecule has 1 saturated heterocycles. The number of rotatable bonds is 3. The molecule has 0 aliphatic carbocycles. The summed E-state index contributed by atoms with van der Waals surface area (Å²) in [6.45, 7) is 0.202. The largest absolute Gasteiger partial charge is 0.504 e. The van der Waals surface area contributed by atoms with Gasteiger partial charge in [0.15, 0.2) is 11.5 Å². The molecule has 1 heterocycles. The lowest BCUT2D eigenvalue weighted by molar-refractivity contribution is -0.123. The van der Waals surface area contributed by atoms with E-state index in [1.54, 1.807) is 6.07 Å². The van der Waals surface area contributed by atoms with Gasteiger partial charge in [-0.15, -0.1) is 0 Å². The maximum atomic E-state index is 12.6. The van der Waals surface area contributed by atoms with E-state index < -0.39 is 0 Å². The summed E-state index contributed by atoms with van der Waals surface area (Å²) < 4.78 is 0. The lowest BCUT2D eigenvalue weighted by Crippen LogP contribution is -2.27. The molecule has 3 aromatic rings. The van der Waals surface area contributed by atoms with E-state index in [2.05, 4.69) is 0 Å². The molecule has 0 bridgehead atoms. The summed E-state index contributed by atoms with van der Waals surface area (Å²) >= 11 is 0.864. The minimum atomic E-state index is -0.370. The molecule has 0 radical (unpaired) electrons. The number of hydrogen-bond acceptors (Lipinski definition) is 5. The predicted octanol–water partition coefficient (Wildman–Crippen LogP) is 4.49. The number of phenolic OH excluding ortho intramolecular Hbond substituents is 2. The van der Waals surface area contributed by atoms with Crippen molar-refractivity contribution in [3.63, 3.8) is 0 Å². The SMILES string of the molecule is O=C1S/C(=C\c2ccc(O)c(O)c2)C(=O)N1Cc1ccc2ccccc2c1. The topological polar surface area (TPSA) is 77.8 Å². The molecule has 0 saturated carbocycles. The number of aromatic hydroxyl groups is 2. The average molecular weight is 377 g/mol. The van der Waals surface area contributed by atoms with Crippen molar-refractivity contribution in [2.75, 3.05) is 0 Å². The highest BCUT2D eigenvalue weighted by atomic mass is 32.2. The van der Waals surface area contributed by atoms with Crippen LogP contribution in [0.5, 0.6) is 11.5 Å². The fraction of sp³-hybridized carbons (Fsp3) is 0.0476. The number of phenols is 2. The molecule has 27 heavy (non-hydrogen) atoms. The van der Waals surface area contributed by atoms with Crippen LogP contribution in [0.2, 0.25) is 0 Å². The Balaban J connectivity index is 1.58. The first-order valence-corrected chi connectivity index (χ1v) is 9.08. The number of amides is 2. The average Bonchev–Trinajstić information content (AvgIpc) is 2.92. The van der Waals surface area contributed by atoms with Crippen molar-refractivity contribution in [3.8, 4) is 11.5 Å². The van der Waals surface area contributed by atoms with Gasteiger partial charge in [0.25, 0.3) is 11.1 Å². The van der Waals surface area contributed by atoms with Gasteiger partial charge >= 0.3 is 0 Å². The highest BCUT2D eigenvalue weighted by Crippen LogP contribution is 2.35. The standard InChI is InChI=1S/C21H15NO4S/c23-17-8-6-13(10-18(17)24)11-19-20(25)22(21(26)27-19)12-14-5-7-15-3-1-2-4-16(15)9-14/h1-11,23-24H,12H2/b19-11-. The third-order valence-corrected chi connectivity index (χ3v) is 5.23. The van der Waals surface area contributed by atoms with Crippen molar-refractivity contribution in [2.45, 2.75) is 6.54 Å². The summed E-state index contributed by atoms with van der Waals surface area (Å²) in [4.78, 5) is 26.4. The van der Waals surface area contributed by atoms with Crippen molar-refractivity contribution in [1.82, 2.24) is 4.90 Å². The quantitative estimate of drug-likeness (QED) is 0.519. The summed E-state index contributed by atoms with van der Waals surface area (Å²) in [6, 6.07) is 18.0. The van der Waals surface area contributed by atoms with Gasteiger partial charge in [-0.05, 0) is 57.9 Å². The van der Waals surface area contributed by atoms with Gasteiger partial charge in [0.05, 0.1) is 11.4 Å². The molecule has 134 valence electrons. The first-order valence-electron chi connectivity index (χ1n) is 8.26. The lowest BCUT2D eigenvalue weighted by atomic mass is 10.1. The number of benzene rings is 3. The first kappa shape index (κ1) is 17.2. The zero-order valence-electron chi connectivity index (χ0n) is 14.1. The lowest BCUT2D eigenvalue weighted by Gasteiger charge is -2.13. The second-order valence-electron chi connectivity index (χ2n) is 6.20. The van der Waals surface area contributed by atoms with Gasteiger partial charge < -0.3 is 10.2 Å². The normalized spacial score (nSPS) is 15.9. The van der Waals surface area contributed by atoms with Gasteiger partial charge in [-0.3, -0.25) is 14.5 Å². The van der Waals surface area contributed by atoms with Gasteiger partial charge in [0.2, 0.25) is 0 Å². The van der Waals surface area contributed by atoms with Gasteiger partial charge in [-0.2, -0.15) is 0 Å². The molecular formula is C21H15NO4S. The molecule has 0 spiro atoms. The first-order chi connectivity index (χ1) is 13.0. The van der Waals surface area contributed by atoms with Crippen molar-refractivity contribution >= 4 is 39.8 Å². The fourth-order valence-corrected chi connectivity index (χ4v) is 3.78.